The maximum Gasteiger partial charge on any atom is 0.317 e. The number of carbonyl (C=O) groups excluding carboxylic acids is 1. The Morgan fingerprint density at radius 2 is 1.82 bits per heavy atom. The van der Waals surface area contributed by atoms with Crippen LogP contribution in [0, 0.1) is 11.8 Å². The van der Waals surface area contributed by atoms with Gasteiger partial charge in [0.1, 0.15) is 0 Å². The summed E-state index contributed by atoms with van der Waals surface area (Å²) in [5, 5.41) is 11.9. The third-order valence-corrected chi connectivity index (χ3v) is 4.06. The molecule has 1 aliphatic carbocycles. The summed E-state index contributed by atoms with van der Waals surface area (Å²) in [6.07, 6.45) is 3.40. The molecule has 1 saturated carbocycles. The van der Waals surface area contributed by atoms with E-state index in [9.17, 15) is 9.59 Å². The van der Waals surface area contributed by atoms with E-state index in [-0.39, 0.29) is 11.9 Å². The number of urea groups is 1. The van der Waals surface area contributed by atoms with Crippen molar-refractivity contribution in [3.8, 4) is 0 Å². The van der Waals surface area contributed by atoms with Gasteiger partial charge in [0.05, 0.1) is 5.92 Å². The van der Waals surface area contributed by atoms with E-state index in [4.69, 9.17) is 5.11 Å². The molecule has 1 heterocycles. The lowest BCUT2D eigenvalue weighted by molar-refractivity contribution is -0.143. The fourth-order valence-corrected chi connectivity index (χ4v) is 2.46. The zero-order valence-corrected chi connectivity index (χ0v) is 10.2. The van der Waals surface area contributed by atoms with E-state index in [2.05, 4.69) is 12.2 Å². The van der Waals surface area contributed by atoms with Crippen LogP contribution in [0.4, 0.5) is 4.79 Å². The molecule has 5 heteroatoms. The van der Waals surface area contributed by atoms with Crippen LogP contribution in [0.5, 0.6) is 0 Å². The average Bonchev–Trinajstić information content (AvgIpc) is 2.34. The first-order chi connectivity index (χ1) is 8.08. The smallest absolute Gasteiger partial charge is 0.317 e. The standard InChI is InChI=1S/C12H20N2O3/c1-8-2-3-10(8)13-12(17)14-6-4-9(5-7-14)11(15)16/h8-10H,2-7H2,1H3,(H,13,17)(H,15,16). The van der Waals surface area contributed by atoms with Gasteiger partial charge in [0.2, 0.25) is 0 Å². The lowest BCUT2D eigenvalue weighted by Crippen LogP contribution is -2.52. The summed E-state index contributed by atoms with van der Waals surface area (Å²) in [6, 6.07) is 0.296. The molecule has 2 unspecified atom stereocenters. The third kappa shape index (κ3) is 2.70. The highest BCUT2D eigenvalue weighted by atomic mass is 16.4. The second-order valence-corrected chi connectivity index (χ2v) is 5.21. The van der Waals surface area contributed by atoms with Gasteiger partial charge in [-0.3, -0.25) is 4.79 Å². The van der Waals surface area contributed by atoms with Gasteiger partial charge in [0.25, 0.3) is 0 Å². The van der Waals surface area contributed by atoms with Crippen LogP contribution in [-0.4, -0.2) is 41.1 Å². The van der Waals surface area contributed by atoms with Crippen LogP contribution in [0.3, 0.4) is 0 Å². The fraction of sp³-hybridized carbons (Fsp3) is 0.833. The summed E-state index contributed by atoms with van der Waals surface area (Å²) in [4.78, 5) is 24.4. The van der Waals surface area contributed by atoms with Crippen molar-refractivity contribution in [1.29, 1.82) is 0 Å². The molecule has 2 atom stereocenters. The van der Waals surface area contributed by atoms with Gasteiger partial charge in [-0.2, -0.15) is 0 Å². The maximum absolute atomic E-state index is 11.9. The largest absolute Gasteiger partial charge is 0.481 e. The van der Waals surface area contributed by atoms with E-state index in [1.807, 2.05) is 0 Å². The predicted molar refractivity (Wildman–Crippen MR) is 62.7 cm³/mol. The zero-order chi connectivity index (χ0) is 12.4. The Morgan fingerprint density at radius 1 is 1.18 bits per heavy atom. The van der Waals surface area contributed by atoms with E-state index in [1.54, 1.807) is 4.90 Å². The summed E-state index contributed by atoms with van der Waals surface area (Å²) >= 11 is 0. The molecule has 0 bridgehead atoms. The van der Waals surface area contributed by atoms with Crippen LogP contribution < -0.4 is 5.32 Å². The fourth-order valence-electron chi connectivity index (χ4n) is 2.46. The molecule has 2 N–H and O–H groups in total. The van der Waals surface area contributed by atoms with Crippen molar-refractivity contribution in [3.63, 3.8) is 0 Å². The normalized spacial score (nSPS) is 29.6. The Labute approximate surface area is 101 Å². The average molecular weight is 240 g/mol. The molecule has 0 aromatic rings. The quantitative estimate of drug-likeness (QED) is 0.764. The molecule has 1 saturated heterocycles. The monoisotopic (exact) mass is 240 g/mol. The van der Waals surface area contributed by atoms with E-state index in [1.165, 1.54) is 6.42 Å². The number of aliphatic carboxylic acids is 1. The van der Waals surface area contributed by atoms with E-state index in [0.29, 0.717) is 37.9 Å². The Bertz CT molecular complexity index is 311. The molecule has 96 valence electrons. The Morgan fingerprint density at radius 3 is 2.24 bits per heavy atom. The number of amides is 2. The molecular formula is C12H20N2O3. The van der Waals surface area contributed by atoms with Crippen molar-refractivity contribution in [2.24, 2.45) is 11.8 Å². The summed E-state index contributed by atoms with van der Waals surface area (Å²) in [5.41, 5.74) is 0. The lowest BCUT2D eigenvalue weighted by Gasteiger charge is -2.37. The minimum atomic E-state index is -0.738. The Balaban J connectivity index is 1.76. The number of piperidine rings is 1. The van der Waals surface area contributed by atoms with E-state index < -0.39 is 5.97 Å². The van der Waals surface area contributed by atoms with Gasteiger partial charge in [-0.1, -0.05) is 6.92 Å². The molecular weight excluding hydrogens is 220 g/mol. The van der Waals surface area contributed by atoms with Crippen molar-refractivity contribution in [2.45, 2.75) is 38.6 Å². The van der Waals surface area contributed by atoms with E-state index >= 15 is 0 Å². The van der Waals surface area contributed by atoms with Crippen molar-refractivity contribution >= 4 is 12.0 Å². The molecule has 1 aliphatic heterocycles. The molecule has 0 radical (unpaired) electrons. The number of rotatable bonds is 2. The Kier molecular flexibility index (Phi) is 3.54. The molecule has 2 rings (SSSR count). The van der Waals surface area contributed by atoms with Crippen LogP contribution in [0.25, 0.3) is 0 Å². The minimum absolute atomic E-state index is 0.0228. The predicted octanol–water partition coefficient (Wildman–Crippen LogP) is 1.29. The zero-order valence-electron chi connectivity index (χ0n) is 10.2. The summed E-state index contributed by atoms with van der Waals surface area (Å²) in [7, 11) is 0. The van der Waals surface area contributed by atoms with Crippen LogP contribution in [0.15, 0.2) is 0 Å². The molecule has 5 nitrogen and oxygen atoms in total. The topological polar surface area (TPSA) is 69.6 Å². The number of nitrogens with one attached hydrogen (secondary N) is 1. The number of carbonyl (C=O) groups is 2. The highest BCUT2D eigenvalue weighted by molar-refractivity contribution is 5.75. The number of nitrogens with zero attached hydrogens (tertiary/aromatic N) is 1. The SMILES string of the molecule is CC1CCC1NC(=O)N1CCC(C(=O)O)CC1. The molecule has 0 aromatic carbocycles. The molecule has 2 fully saturated rings. The lowest BCUT2D eigenvalue weighted by atomic mass is 9.81. The van der Waals surface area contributed by atoms with Gasteiger partial charge in [-0.05, 0) is 31.6 Å². The summed E-state index contributed by atoms with van der Waals surface area (Å²) < 4.78 is 0. The first kappa shape index (κ1) is 12.2. The molecule has 0 aromatic heterocycles. The molecule has 2 aliphatic rings. The van der Waals surface area contributed by atoms with Crippen LogP contribution in [0.1, 0.15) is 32.6 Å². The van der Waals surface area contributed by atoms with Crippen molar-refractivity contribution in [2.75, 3.05) is 13.1 Å². The number of carboxylic acids is 1. The van der Waals surface area contributed by atoms with Crippen molar-refractivity contribution in [3.05, 3.63) is 0 Å². The summed E-state index contributed by atoms with van der Waals surface area (Å²) in [5.74, 6) is -0.435. The Hall–Kier alpha value is -1.26. The summed E-state index contributed by atoms with van der Waals surface area (Å²) in [6.45, 7) is 3.26. The van der Waals surface area contributed by atoms with Crippen LogP contribution >= 0.6 is 0 Å². The van der Waals surface area contributed by atoms with E-state index in [0.717, 1.165) is 6.42 Å². The molecule has 0 spiro atoms. The maximum atomic E-state index is 11.9. The first-order valence-electron chi connectivity index (χ1n) is 6.36. The van der Waals surface area contributed by atoms with Crippen LogP contribution in [-0.2, 0) is 4.79 Å². The van der Waals surface area contributed by atoms with Crippen molar-refractivity contribution < 1.29 is 14.7 Å². The minimum Gasteiger partial charge on any atom is -0.481 e. The van der Waals surface area contributed by atoms with Gasteiger partial charge < -0.3 is 15.3 Å². The number of likely N-dealkylation sites (tertiary alicyclic amines) is 1. The van der Waals surface area contributed by atoms with Gasteiger partial charge in [0.15, 0.2) is 0 Å². The number of hydrogen-bond acceptors (Lipinski definition) is 2. The van der Waals surface area contributed by atoms with Crippen molar-refractivity contribution in [1.82, 2.24) is 10.2 Å². The number of carboxylic acid groups (broad SMARTS) is 1. The van der Waals surface area contributed by atoms with Gasteiger partial charge in [-0.25, -0.2) is 4.79 Å². The third-order valence-electron chi connectivity index (χ3n) is 4.06. The highest BCUT2D eigenvalue weighted by Gasteiger charge is 2.31. The second kappa shape index (κ2) is 4.94. The second-order valence-electron chi connectivity index (χ2n) is 5.21. The first-order valence-corrected chi connectivity index (χ1v) is 6.36. The molecule has 2 amide bonds. The van der Waals surface area contributed by atoms with Gasteiger partial charge in [0, 0.05) is 19.1 Å². The van der Waals surface area contributed by atoms with Gasteiger partial charge >= 0.3 is 12.0 Å². The van der Waals surface area contributed by atoms with Gasteiger partial charge in [-0.15, -0.1) is 0 Å². The number of hydrogen-bond donors (Lipinski definition) is 2. The highest BCUT2D eigenvalue weighted by Crippen LogP contribution is 2.27. The van der Waals surface area contributed by atoms with Crippen LogP contribution in [0.2, 0.25) is 0 Å². The molecule has 17 heavy (non-hydrogen) atoms.